The Morgan fingerprint density at radius 3 is 2.88 bits per heavy atom. The van der Waals surface area contributed by atoms with Crippen molar-refractivity contribution >= 4 is 34.3 Å². The fraction of sp³-hybridized carbons (Fsp3) is 0.0588. The van der Waals surface area contributed by atoms with E-state index in [2.05, 4.69) is 25.5 Å². The molecule has 0 fully saturated rings. The number of H-pyrrole nitrogens is 1. The molecule has 0 saturated heterocycles. The number of nitrogens with one attached hydrogen (secondary N) is 2. The van der Waals surface area contributed by atoms with Gasteiger partial charge in [0, 0.05) is 5.69 Å². The number of hydrogen-bond acceptors (Lipinski definition) is 5. The number of amides is 1. The monoisotopic (exact) mass is 353 g/mol. The summed E-state index contributed by atoms with van der Waals surface area (Å²) in [4.78, 5) is 20.3. The Morgan fingerprint density at radius 2 is 2.12 bits per heavy atom. The van der Waals surface area contributed by atoms with Crippen LogP contribution < -0.4 is 5.32 Å². The van der Waals surface area contributed by atoms with Gasteiger partial charge in [0.1, 0.15) is 11.8 Å². The van der Waals surface area contributed by atoms with Gasteiger partial charge in [-0.15, -0.1) is 0 Å². The topological polar surface area (TPSA) is 96.7 Å². The Balaban J connectivity index is 1.66. The van der Waals surface area contributed by atoms with Crippen LogP contribution in [0.1, 0.15) is 16.2 Å². The van der Waals surface area contributed by atoms with E-state index in [4.69, 9.17) is 16.0 Å². The molecule has 0 bridgehead atoms. The van der Waals surface area contributed by atoms with Gasteiger partial charge in [-0.1, -0.05) is 17.7 Å². The predicted octanol–water partition coefficient (Wildman–Crippen LogP) is 3.83. The van der Waals surface area contributed by atoms with Crippen LogP contribution in [0, 0.1) is 6.92 Å². The van der Waals surface area contributed by atoms with E-state index < -0.39 is 0 Å². The first-order chi connectivity index (χ1) is 12.1. The number of halogens is 1. The van der Waals surface area contributed by atoms with Crippen molar-refractivity contribution in [1.82, 2.24) is 20.2 Å². The molecule has 0 atom stereocenters. The predicted molar refractivity (Wildman–Crippen MR) is 93.5 cm³/mol. The number of benzene rings is 2. The van der Waals surface area contributed by atoms with Crippen molar-refractivity contribution in [1.29, 1.82) is 0 Å². The maximum Gasteiger partial charge on any atom is 0.292 e. The average Bonchev–Trinajstić information content (AvgIpc) is 3.24. The van der Waals surface area contributed by atoms with Crippen LogP contribution in [0.25, 0.3) is 22.6 Å². The molecule has 7 nitrogen and oxygen atoms in total. The summed E-state index contributed by atoms with van der Waals surface area (Å²) in [6.07, 6.45) is 1.27. The quantitative estimate of drug-likeness (QED) is 0.583. The van der Waals surface area contributed by atoms with Gasteiger partial charge in [-0.25, -0.2) is 9.97 Å². The third-order valence-corrected chi connectivity index (χ3v) is 3.94. The fourth-order valence-electron chi connectivity index (χ4n) is 2.42. The summed E-state index contributed by atoms with van der Waals surface area (Å²) >= 11 is 6.28. The second kappa shape index (κ2) is 6.03. The largest absolute Gasteiger partial charge is 0.436 e. The Bertz CT molecular complexity index is 1070. The van der Waals surface area contributed by atoms with E-state index in [0.717, 1.165) is 11.1 Å². The van der Waals surface area contributed by atoms with Gasteiger partial charge in [0.25, 0.3) is 5.91 Å². The number of rotatable bonds is 3. The summed E-state index contributed by atoms with van der Waals surface area (Å²) < 4.78 is 5.77. The van der Waals surface area contributed by atoms with Crippen LogP contribution in [0.3, 0.4) is 0 Å². The molecule has 2 N–H and O–H groups in total. The SMILES string of the molecule is Cc1ccc(-c2nc3cc(NC(=O)c4ncn[nH]4)ccc3o2)c(Cl)c1. The smallest absolute Gasteiger partial charge is 0.292 e. The lowest BCUT2D eigenvalue weighted by Gasteiger charge is -2.01. The fourth-order valence-corrected chi connectivity index (χ4v) is 2.74. The lowest BCUT2D eigenvalue weighted by atomic mass is 10.1. The number of carbonyl (C=O) groups is 1. The summed E-state index contributed by atoms with van der Waals surface area (Å²) in [5.74, 6) is 0.174. The van der Waals surface area contributed by atoms with Gasteiger partial charge >= 0.3 is 0 Å². The lowest BCUT2D eigenvalue weighted by Crippen LogP contribution is -2.13. The zero-order valence-electron chi connectivity index (χ0n) is 13.1. The lowest BCUT2D eigenvalue weighted by molar-refractivity contribution is 0.101. The summed E-state index contributed by atoms with van der Waals surface area (Å²) in [6.45, 7) is 1.96. The number of oxazole rings is 1. The summed E-state index contributed by atoms with van der Waals surface area (Å²) in [5, 5.41) is 9.46. The van der Waals surface area contributed by atoms with Gasteiger partial charge in [0.05, 0.1) is 10.6 Å². The summed E-state index contributed by atoms with van der Waals surface area (Å²) in [5.41, 5.74) is 3.56. The molecule has 2 aromatic carbocycles. The van der Waals surface area contributed by atoms with E-state index in [9.17, 15) is 4.79 Å². The molecule has 0 aliphatic rings. The van der Waals surface area contributed by atoms with Crippen LogP contribution >= 0.6 is 11.6 Å². The summed E-state index contributed by atoms with van der Waals surface area (Å²) in [6, 6.07) is 10.9. The minimum atomic E-state index is -0.387. The Morgan fingerprint density at radius 1 is 1.24 bits per heavy atom. The molecule has 0 saturated carbocycles. The van der Waals surface area contributed by atoms with E-state index in [0.29, 0.717) is 27.7 Å². The van der Waals surface area contributed by atoms with E-state index in [1.54, 1.807) is 18.2 Å². The van der Waals surface area contributed by atoms with Crippen molar-refractivity contribution in [2.45, 2.75) is 6.92 Å². The van der Waals surface area contributed by atoms with Crippen LogP contribution in [0.2, 0.25) is 5.02 Å². The Hall–Kier alpha value is -3.19. The van der Waals surface area contributed by atoms with Crippen LogP contribution in [-0.4, -0.2) is 26.1 Å². The number of nitrogens with zero attached hydrogens (tertiary/aromatic N) is 3. The minimum Gasteiger partial charge on any atom is -0.436 e. The van der Waals surface area contributed by atoms with Gasteiger partial charge in [0.15, 0.2) is 5.58 Å². The molecule has 1 amide bonds. The van der Waals surface area contributed by atoms with Gasteiger partial charge in [-0.05, 0) is 42.8 Å². The van der Waals surface area contributed by atoms with E-state index in [1.807, 2.05) is 25.1 Å². The maximum atomic E-state index is 12.0. The van der Waals surface area contributed by atoms with Crippen molar-refractivity contribution in [2.24, 2.45) is 0 Å². The molecule has 0 aliphatic heterocycles. The third-order valence-electron chi connectivity index (χ3n) is 3.63. The van der Waals surface area contributed by atoms with Crippen molar-refractivity contribution in [3.05, 3.63) is 59.1 Å². The highest BCUT2D eigenvalue weighted by atomic mass is 35.5. The van der Waals surface area contributed by atoms with Crippen LogP contribution in [0.5, 0.6) is 0 Å². The zero-order valence-corrected chi connectivity index (χ0v) is 13.8. The Kier molecular flexibility index (Phi) is 3.70. The van der Waals surface area contributed by atoms with Crippen molar-refractivity contribution in [3.8, 4) is 11.5 Å². The minimum absolute atomic E-state index is 0.132. The standard InChI is InChI=1S/C17H12ClN5O2/c1-9-2-4-11(12(18)6-9)17-22-13-7-10(3-5-14(13)25-17)21-16(24)15-19-8-20-23-15/h2-8H,1H3,(H,21,24)(H,19,20,23). The number of aromatic nitrogens is 4. The number of aryl methyl sites for hydroxylation is 1. The van der Waals surface area contributed by atoms with E-state index >= 15 is 0 Å². The molecule has 0 unspecified atom stereocenters. The molecular weight excluding hydrogens is 342 g/mol. The van der Waals surface area contributed by atoms with Crippen molar-refractivity contribution in [2.75, 3.05) is 5.32 Å². The van der Waals surface area contributed by atoms with Gasteiger partial charge < -0.3 is 9.73 Å². The van der Waals surface area contributed by atoms with Crippen LogP contribution in [0.15, 0.2) is 47.1 Å². The highest BCUT2D eigenvalue weighted by molar-refractivity contribution is 6.33. The van der Waals surface area contributed by atoms with E-state index in [-0.39, 0.29) is 11.7 Å². The molecule has 0 spiro atoms. The highest BCUT2D eigenvalue weighted by Crippen LogP contribution is 2.31. The molecule has 8 heteroatoms. The molecule has 0 radical (unpaired) electrons. The number of fused-ring (bicyclic) bond motifs is 1. The van der Waals surface area contributed by atoms with Gasteiger partial charge in [-0.2, -0.15) is 5.10 Å². The van der Waals surface area contributed by atoms with E-state index in [1.165, 1.54) is 6.33 Å². The molecule has 124 valence electrons. The zero-order chi connectivity index (χ0) is 17.4. The number of carbonyl (C=O) groups excluding carboxylic acids is 1. The number of hydrogen-bond donors (Lipinski definition) is 2. The second-order valence-electron chi connectivity index (χ2n) is 5.47. The third kappa shape index (κ3) is 2.97. The first-order valence-corrected chi connectivity index (χ1v) is 7.82. The molecule has 2 heterocycles. The van der Waals surface area contributed by atoms with Crippen LogP contribution in [0.4, 0.5) is 5.69 Å². The van der Waals surface area contributed by atoms with Crippen molar-refractivity contribution in [3.63, 3.8) is 0 Å². The Labute approximate surface area is 147 Å². The first kappa shape index (κ1) is 15.3. The van der Waals surface area contributed by atoms with Crippen molar-refractivity contribution < 1.29 is 9.21 Å². The highest BCUT2D eigenvalue weighted by Gasteiger charge is 2.14. The average molecular weight is 354 g/mol. The molecule has 2 aromatic heterocycles. The normalized spacial score (nSPS) is 11.0. The maximum absolute atomic E-state index is 12.0. The number of anilines is 1. The van der Waals surface area contributed by atoms with Crippen LogP contribution in [-0.2, 0) is 0 Å². The molecule has 4 rings (SSSR count). The molecule has 25 heavy (non-hydrogen) atoms. The first-order valence-electron chi connectivity index (χ1n) is 7.44. The molecule has 4 aromatic rings. The summed E-state index contributed by atoms with van der Waals surface area (Å²) in [7, 11) is 0. The molecule has 0 aliphatic carbocycles. The number of aromatic amines is 1. The van der Waals surface area contributed by atoms with Gasteiger partial charge in [-0.3, -0.25) is 9.89 Å². The van der Waals surface area contributed by atoms with Gasteiger partial charge in [0.2, 0.25) is 11.7 Å². The second-order valence-corrected chi connectivity index (χ2v) is 5.88. The molecular formula is C17H12ClN5O2.